The highest BCUT2D eigenvalue weighted by Crippen LogP contribution is 2.17. The predicted octanol–water partition coefficient (Wildman–Crippen LogP) is 0.400. The average molecular weight is 198 g/mol. The van der Waals surface area contributed by atoms with Crippen LogP contribution in [0.15, 0.2) is 18.5 Å². The maximum atomic E-state index is 10.1. The van der Waals surface area contributed by atoms with E-state index in [-0.39, 0.29) is 0 Å². The Kier molecular flexibility index (Phi) is 3.35. The number of hydrogen-bond acceptors (Lipinski definition) is 5. The molecule has 0 saturated carbocycles. The van der Waals surface area contributed by atoms with Gasteiger partial charge in [0.05, 0.1) is 13.3 Å². The first kappa shape index (κ1) is 10.4. The Morgan fingerprint density at radius 2 is 2.43 bits per heavy atom. The Morgan fingerprint density at radius 3 is 3.00 bits per heavy atom. The van der Waals surface area contributed by atoms with Crippen LogP contribution in [0.5, 0.6) is 5.75 Å². The van der Waals surface area contributed by atoms with Gasteiger partial charge in [0.25, 0.3) is 0 Å². The highest BCUT2D eigenvalue weighted by molar-refractivity contribution is 5.24. The minimum absolute atomic E-state index is 0.376. The zero-order chi connectivity index (χ0) is 10.6. The van der Waals surface area contributed by atoms with Crippen LogP contribution in [0.3, 0.4) is 0 Å². The Morgan fingerprint density at radius 1 is 1.71 bits per heavy atom. The number of aliphatic hydroxyl groups is 1. The molecule has 76 valence electrons. The van der Waals surface area contributed by atoms with E-state index in [9.17, 15) is 15.2 Å². The van der Waals surface area contributed by atoms with Crippen molar-refractivity contribution >= 4 is 0 Å². The fourth-order valence-corrected chi connectivity index (χ4v) is 0.976. The molecule has 14 heavy (non-hydrogen) atoms. The van der Waals surface area contributed by atoms with Crippen LogP contribution in [0.4, 0.5) is 0 Å². The van der Waals surface area contributed by atoms with Crippen LogP contribution in [0.2, 0.25) is 0 Å². The van der Waals surface area contributed by atoms with E-state index in [0.29, 0.717) is 11.3 Å². The molecule has 0 bridgehead atoms. The lowest BCUT2D eigenvalue weighted by Gasteiger charge is -2.06. The van der Waals surface area contributed by atoms with E-state index in [1.54, 1.807) is 0 Å². The second-order valence-corrected chi connectivity index (χ2v) is 2.69. The van der Waals surface area contributed by atoms with Crippen LogP contribution < -0.4 is 4.74 Å². The van der Waals surface area contributed by atoms with Crippen molar-refractivity contribution in [3.8, 4) is 5.75 Å². The SMILES string of the molecule is COc1cncc(C(O)C[N+](=O)[O-])c1. The summed E-state index contributed by atoms with van der Waals surface area (Å²) in [5.41, 5.74) is 0.376. The summed E-state index contributed by atoms with van der Waals surface area (Å²) < 4.78 is 4.87. The lowest BCUT2D eigenvalue weighted by atomic mass is 10.1. The molecule has 0 aliphatic rings. The summed E-state index contributed by atoms with van der Waals surface area (Å²) in [5, 5.41) is 19.5. The lowest BCUT2D eigenvalue weighted by molar-refractivity contribution is -0.491. The van der Waals surface area contributed by atoms with Gasteiger partial charge in [-0.15, -0.1) is 0 Å². The van der Waals surface area contributed by atoms with Crippen LogP contribution in [0.25, 0.3) is 0 Å². The van der Waals surface area contributed by atoms with Crippen molar-refractivity contribution < 1.29 is 14.8 Å². The molecule has 1 atom stereocenters. The van der Waals surface area contributed by atoms with Gasteiger partial charge in [-0.05, 0) is 6.07 Å². The van der Waals surface area contributed by atoms with Crippen LogP contribution in [0, 0.1) is 10.1 Å². The summed E-state index contributed by atoms with van der Waals surface area (Å²) in [6.07, 6.45) is 1.69. The van der Waals surface area contributed by atoms with Crippen molar-refractivity contribution in [2.45, 2.75) is 6.10 Å². The lowest BCUT2D eigenvalue weighted by Crippen LogP contribution is -2.12. The number of rotatable bonds is 4. The first-order valence-electron chi connectivity index (χ1n) is 3.92. The standard InChI is InChI=1S/C8H10N2O4/c1-14-7-2-6(3-9-4-7)8(11)5-10(12)13/h2-4,8,11H,5H2,1H3. The molecule has 6 heteroatoms. The third-order valence-corrected chi connectivity index (χ3v) is 1.68. The zero-order valence-corrected chi connectivity index (χ0v) is 7.58. The number of aromatic nitrogens is 1. The second-order valence-electron chi connectivity index (χ2n) is 2.69. The Hall–Kier alpha value is -1.69. The molecular formula is C8H10N2O4. The first-order valence-corrected chi connectivity index (χ1v) is 3.92. The molecular weight excluding hydrogens is 188 g/mol. The highest BCUT2D eigenvalue weighted by Gasteiger charge is 2.14. The summed E-state index contributed by atoms with van der Waals surface area (Å²) in [5.74, 6) is 0.463. The van der Waals surface area contributed by atoms with Gasteiger partial charge >= 0.3 is 0 Å². The molecule has 0 saturated heterocycles. The maximum Gasteiger partial charge on any atom is 0.233 e. The van der Waals surface area contributed by atoms with Gasteiger partial charge in [0.2, 0.25) is 6.54 Å². The molecule has 0 aliphatic heterocycles. The van der Waals surface area contributed by atoms with Crippen LogP contribution in [-0.4, -0.2) is 28.7 Å². The fraction of sp³-hybridized carbons (Fsp3) is 0.375. The minimum atomic E-state index is -1.15. The van der Waals surface area contributed by atoms with E-state index in [2.05, 4.69) is 4.98 Å². The molecule has 0 radical (unpaired) electrons. The second kappa shape index (κ2) is 4.52. The Bertz CT molecular complexity index is 329. The van der Waals surface area contributed by atoms with Crippen LogP contribution in [-0.2, 0) is 0 Å². The smallest absolute Gasteiger partial charge is 0.233 e. The fourth-order valence-electron chi connectivity index (χ4n) is 0.976. The number of nitrogens with zero attached hydrogens (tertiary/aromatic N) is 2. The molecule has 0 spiro atoms. The zero-order valence-electron chi connectivity index (χ0n) is 7.58. The summed E-state index contributed by atoms with van der Waals surface area (Å²) in [7, 11) is 1.46. The number of methoxy groups -OCH3 is 1. The van der Waals surface area contributed by atoms with E-state index < -0.39 is 17.6 Å². The summed E-state index contributed by atoms with van der Waals surface area (Å²) >= 11 is 0. The van der Waals surface area contributed by atoms with Crippen molar-refractivity contribution in [1.82, 2.24) is 4.98 Å². The average Bonchev–Trinajstić information content (AvgIpc) is 2.17. The topological polar surface area (TPSA) is 85.5 Å². The van der Waals surface area contributed by atoms with Crippen molar-refractivity contribution in [3.63, 3.8) is 0 Å². The summed E-state index contributed by atoms with van der Waals surface area (Å²) in [4.78, 5) is 13.3. The molecule has 0 aliphatic carbocycles. The monoisotopic (exact) mass is 198 g/mol. The predicted molar refractivity (Wildman–Crippen MR) is 47.6 cm³/mol. The summed E-state index contributed by atoms with van der Waals surface area (Å²) in [6.45, 7) is -0.533. The Labute approximate surface area is 80.3 Å². The molecule has 0 fully saturated rings. The van der Waals surface area contributed by atoms with Gasteiger partial charge in [-0.2, -0.15) is 0 Å². The van der Waals surface area contributed by atoms with Crippen molar-refractivity contribution in [2.24, 2.45) is 0 Å². The minimum Gasteiger partial charge on any atom is -0.495 e. The van der Waals surface area contributed by atoms with Crippen LogP contribution >= 0.6 is 0 Å². The molecule has 0 amide bonds. The quantitative estimate of drug-likeness (QED) is 0.559. The molecule has 1 heterocycles. The third-order valence-electron chi connectivity index (χ3n) is 1.68. The number of ether oxygens (including phenoxy) is 1. The molecule has 1 unspecified atom stereocenters. The van der Waals surface area contributed by atoms with Crippen molar-refractivity contribution in [3.05, 3.63) is 34.1 Å². The van der Waals surface area contributed by atoms with Gasteiger partial charge in [0, 0.05) is 16.7 Å². The maximum absolute atomic E-state index is 10.1. The molecule has 6 nitrogen and oxygen atoms in total. The van der Waals surface area contributed by atoms with Gasteiger partial charge in [0.15, 0.2) is 0 Å². The first-order chi connectivity index (χ1) is 6.63. The van der Waals surface area contributed by atoms with Crippen molar-refractivity contribution in [1.29, 1.82) is 0 Å². The van der Waals surface area contributed by atoms with E-state index in [4.69, 9.17) is 4.74 Å². The summed E-state index contributed by atoms with van der Waals surface area (Å²) in [6, 6.07) is 1.52. The number of nitro groups is 1. The molecule has 1 aromatic rings. The van der Waals surface area contributed by atoms with Gasteiger partial charge in [0.1, 0.15) is 11.9 Å². The van der Waals surface area contributed by atoms with E-state index in [1.807, 2.05) is 0 Å². The van der Waals surface area contributed by atoms with E-state index in [1.165, 1.54) is 25.6 Å². The van der Waals surface area contributed by atoms with E-state index in [0.717, 1.165) is 0 Å². The van der Waals surface area contributed by atoms with Gasteiger partial charge in [-0.25, -0.2) is 0 Å². The largest absolute Gasteiger partial charge is 0.495 e. The van der Waals surface area contributed by atoms with Crippen molar-refractivity contribution in [2.75, 3.05) is 13.7 Å². The molecule has 0 aromatic carbocycles. The Balaban J connectivity index is 2.78. The highest BCUT2D eigenvalue weighted by atomic mass is 16.6. The number of pyridine rings is 1. The van der Waals surface area contributed by atoms with Crippen LogP contribution in [0.1, 0.15) is 11.7 Å². The third kappa shape index (κ3) is 2.67. The number of aliphatic hydroxyl groups excluding tert-OH is 1. The normalized spacial score (nSPS) is 12.1. The molecule has 1 N–H and O–H groups in total. The number of hydrogen-bond donors (Lipinski definition) is 1. The van der Waals surface area contributed by atoms with Gasteiger partial charge in [-0.3, -0.25) is 15.1 Å². The molecule has 1 rings (SSSR count). The van der Waals surface area contributed by atoms with Gasteiger partial charge < -0.3 is 9.84 Å². The molecule has 1 aromatic heterocycles. The van der Waals surface area contributed by atoms with Gasteiger partial charge in [-0.1, -0.05) is 0 Å². The van der Waals surface area contributed by atoms with E-state index >= 15 is 0 Å².